The van der Waals surface area contributed by atoms with Crippen LogP contribution >= 0.6 is 0 Å². The molecule has 0 saturated heterocycles. The first-order valence-corrected chi connectivity index (χ1v) is 4.51. The van der Waals surface area contributed by atoms with Gasteiger partial charge in [0.05, 0.1) is 11.1 Å². The van der Waals surface area contributed by atoms with Crippen molar-refractivity contribution in [2.75, 3.05) is 0 Å². The lowest BCUT2D eigenvalue weighted by molar-refractivity contribution is 0.0699. The molecule has 1 aromatic heterocycles. The van der Waals surface area contributed by atoms with Crippen LogP contribution in [0.2, 0.25) is 0 Å². The van der Waals surface area contributed by atoms with Crippen LogP contribution in [0.4, 0.5) is 0 Å². The van der Waals surface area contributed by atoms with E-state index >= 15 is 0 Å². The van der Waals surface area contributed by atoms with Gasteiger partial charge in [0.15, 0.2) is 0 Å². The van der Waals surface area contributed by atoms with Crippen LogP contribution < -0.4 is 5.73 Å². The van der Waals surface area contributed by atoms with Crippen molar-refractivity contribution in [1.29, 1.82) is 0 Å². The molecule has 0 spiro atoms. The molecular weight excluding hydrogens is 208 g/mol. The van der Waals surface area contributed by atoms with Crippen LogP contribution in [-0.2, 0) is 0 Å². The molecule has 0 aliphatic carbocycles. The van der Waals surface area contributed by atoms with Crippen molar-refractivity contribution in [3.05, 3.63) is 41.6 Å². The number of nitrogens with two attached hydrogens (primary N) is 1. The number of carbonyl (C=O) groups excluding carboxylic acids is 1. The molecule has 2 rings (SSSR count). The lowest BCUT2D eigenvalue weighted by atomic mass is 10.0. The molecule has 0 radical (unpaired) electrons. The Hall–Kier alpha value is -2.43. The maximum Gasteiger partial charge on any atom is 0.336 e. The predicted octanol–water partition coefficient (Wildman–Crippen LogP) is 1.03. The van der Waals surface area contributed by atoms with Gasteiger partial charge in [-0.3, -0.25) is 9.78 Å². The van der Waals surface area contributed by atoms with E-state index in [1.165, 1.54) is 18.3 Å². The molecular formula is C11H8N2O3. The van der Waals surface area contributed by atoms with E-state index < -0.39 is 11.9 Å². The van der Waals surface area contributed by atoms with Gasteiger partial charge in [-0.25, -0.2) is 4.79 Å². The molecule has 80 valence electrons. The summed E-state index contributed by atoms with van der Waals surface area (Å²) in [6, 6.07) is 6.01. The summed E-state index contributed by atoms with van der Waals surface area (Å²) in [6.45, 7) is 0. The quantitative estimate of drug-likeness (QED) is 0.784. The number of carboxylic acid groups (broad SMARTS) is 1. The Morgan fingerprint density at radius 1 is 1.31 bits per heavy atom. The molecule has 0 bridgehead atoms. The van der Waals surface area contributed by atoms with E-state index in [1.54, 1.807) is 12.1 Å². The third kappa shape index (κ3) is 1.58. The van der Waals surface area contributed by atoms with Crippen molar-refractivity contribution < 1.29 is 14.7 Å². The van der Waals surface area contributed by atoms with Gasteiger partial charge in [-0.05, 0) is 18.2 Å². The minimum absolute atomic E-state index is 0.0272. The molecule has 16 heavy (non-hydrogen) atoms. The molecule has 0 atom stereocenters. The number of aromatic nitrogens is 1. The number of pyridine rings is 1. The minimum Gasteiger partial charge on any atom is -0.478 e. The van der Waals surface area contributed by atoms with Gasteiger partial charge in [0.1, 0.15) is 0 Å². The Labute approximate surface area is 90.5 Å². The first-order valence-electron chi connectivity index (χ1n) is 4.51. The van der Waals surface area contributed by atoms with Crippen LogP contribution in [0.3, 0.4) is 0 Å². The van der Waals surface area contributed by atoms with Crippen molar-refractivity contribution in [3.8, 4) is 0 Å². The van der Waals surface area contributed by atoms with Gasteiger partial charge in [0.25, 0.3) is 0 Å². The second kappa shape index (κ2) is 3.62. The van der Waals surface area contributed by atoms with E-state index in [4.69, 9.17) is 10.8 Å². The van der Waals surface area contributed by atoms with E-state index in [0.717, 1.165) is 0 Å². The number of benzene rings is 1. The standard InChI is InChI=1S/C11H8N2O3/c12-10(14)6-4-8(11(15)16)7-2-1-3-13-9(7)5-6/h1-5H,(H2,12,14)(H,15,16). The molecule has 3 N–H and O–H groups in total. The minimum atomic E-state index is -1.11. The zero-order chi connectivity index (χ0) is 11.7. The lowest BCUT2D eigenvalue weighted by Gasteiger charge is -2.03. The average Bonchev–Trinajstić information content (AvgIpc) is 2.27. The molecule has 2 aromatic rings. The highest BCUT2D eigenvalue weighted by atomic mass is 16.4. The largest absolute Gasteiger partial charge is 0.478 e. The third-order valence-electron chi connectivity index (χ3n) is 2.24. The van der Waals surface area contributed by atoms with E-state index in [1.807, 2.05) is 0 Å². The van der Waals surface area contributed by atoms with E-state index in [9.17, 15) is 9.59 Å². The van der Waals surface area contributed by atoms with Gasteiger partial charge in [-0.1, -0.05) is 6.07 Å². The molecule has 0 saturated carbocycles. The topological polar surface area (TPSA) is 93.3 Å². The van der Waals surface area contributed by atoms with Crippen LogP contribution in [0.25, 0.3) is 10.9 Å². The summed E-state index contributed by atoms with van der Waals surface area (Å²) in [5.41, 5.74) is 5.72. The van der Waals surface area contributed by atoms with E-state index in [0.29, 0.717) is 10.9 Å². The highest BCUT2D eigenvalue weighted by molar-refractivity contribution is 6.06. The monoisotopic (exact) mass is 216 g/mol. The van der Waals surface area contributed by atoms with E-state index in [2.05, 4.69) is 4.98 Å². The third-order valence-corrected chi connectivity index (χ3v) is 2.24. The summed E-state index contributed by atoms with van der Waals surface area (Å²) in [5, 5.41) is 9.50. The highest BCUT2D eigenvalue weighted by Gasteiger charge is 2.12. The average molecular weight is 216 g/mol. The Bertz CT molecular complexity index is 593. The van der Waals surface area contributed by atoms with Crippen molar-refractivity contribution in [2.45, 2.75) is 0 Å². The van der Waals surface area contributed by atoms with Gasteiger partial charge >= 0.3 is 5.97 Å². The maximum atomic E-state index is 11.0. The smallest absolute Gasteiger partial charge is 0.336 e. The van der Waals surface area contributed by atoms with Crippen LogP contribution in [0.1, 0.15) is 20.7 Å². The molecule has 1 aromatic carbocycles. The van der Waals surface area contributed by atoms with Crippen molar-refractivity contribution in [2.24, 2.45) is 5.73 Å². The summed E-state index contributed by atoms with van der Waals surface area (Å²) in [4.78, 5) is 26.0. The number of hydrogen-bond acceptors (Lipinski definition) is 3. The number of nitrogens with zero attached hydrogens (tertiary/aromatic N) is 1. The van der Waals surface area contributed by atoms with Crippen molar-refractivity contribution in [3.63, 3.8) is 0 Å². The highest BCUT2D eigenvalue weighted by Crippen LogP contribution is 2.19. The maximum absolute atomic E-state index is 11.0. The van der Waals surface area contributed by atoms with Gasteiger partial charge in [-0.2, -0.15) is 0 Å². The number of hydrogen-bond donors (Lipinski definition) is 2. The summed E-state index contributed by atoms with van der Waals surface area (Å²) in [7, 11) is 0. The molecule has 0 fully saturated rings. The molecule has 5 nitrogen and oxygen atoms in total. The number of fused-ring (bicyclic) bond motifs is 1. The van der Waals surface area contributed by atoms with Crippen LogP contribution in [0, 0.1) is 0 Å². The van der Waals surface area contributed by atoms with Crippen LogP contribution in [-0.4, -0.2) is 22.0 Å². The second-order valence-corrected chi connectivity index (χ2v) is 3.26. The molecule has 0 aliphatic heterocycles. The molecule has 1 amide bonds. The number of aromatic carboxylic acids is 1. The first kappa shape index (κ1) is 10.1. The van der Waals surface area contributed by atoms with Crippen molar-refractivity contribution >= 4 is 22.8 Å². The summed E-state index contributed by atoms with van der Waals surface area (Å²) in [6.07, 6.45) is 1.53. The first-order chi connectivity index (χ1) is 7.59. The Balaban J connectivity index is 2.84. The summed E-state index contributed by atoms with van der Waals surface area (Å²) >= 11 is 0. The van der Waals surface area contributed by atoms with E-state index in [-0.39, 0.29) is 11.1 Å². The zero-order valence-electron chi connectivity index (χ0n) is 8.18. The summed E-state index contributed by atoms with van der Waals surface area (Å²) in [5.74, 6) is -1.78. The van der Waals surface area contributed by atoms with Gasteiger partial charge in [0, 0.05) is 17.1 Å². The molecule has 5 heteroatoms. The van der Waals surface area contributed by atoms with Gasteiger partial charge in [0.2, 0.25) is 5.91 Å². The number of amides is 1. The molecule has 0 unspecified atom stereocenters. The fraction of sp³-hybridized carbons (Fsp3) is 0. The zero-order valence-corrected chi connectivity index (χ0v) is 8.18. The van der Waals surface area contributed by atoms with Crippen LogP contribution in [0.15, 0.2) is 30.5 Å². The molecule has 0 aliphatic rings. The number of primary amides is 1. The second-order valence-electron chi connectivity index (χ2n) is 3.26. The number of carboxylic acids is 1. The Kier molecular flexibility index (Phi) is 2.28. The van der Waals surface area contributed by atoms with Gasteiger partial charge in [-0.15, -0.1) is 0 Å². The van der Waals surface area contributed by atoms with Crippen LogP contribution in [0.5, 0.6) is 0 Å². The number of rotatable bonds is 2. The normalized spacial score (nSPS) is 10.2. The van der Waals surface area contributed by atoms with Crippen molar-refractivity contribution in [1.82, 2.24) is 4.98 Å². The fourth-order valence-electron chi connectivity index (χ4n) is 1.50. The Morgan fingerprint density at radius 2 is 2.06 bits per heavy atom. The number of carbonyl (C=O) groups is 2. The summed E-state index contributed by atoms with van der Waals surface area (Å²) < 4.78 is 0. The lowest BCUT2D eigenvalue weighted by Crippen LogP contribution is -2.12. The van der Waals surface area contributed by atoms with Gasteiger partial charge < -0.3 is 10.8 Å². The SMILES string of the molecule is NC(=O)c1cc(C(=O)O)c2cccnc2c1. The fourth-order valence-corrected chi connectivity index (χ4v) is 1.50. The predicted molar refractivity (Wildman–Crippen MR) is 57.2 cm³/mol. The Morgan fingerprint density at radius 3 is 2.69 bits per heavy atom. The molecule has 1 heterocycles.